The Morgan fingerprint density at radius 1 is 1.29 bits per heavy atom. The number of ketones is 1. The Morgan fingerprint density at radius 2 is 1.92 bits per heavy atom. The van der Waals surface area contributed by atoms with Gasteiger partial charge in [0, 0.05) is 18.2 Å². The first kappa shape index (κ1) is 19.1. The highest BCUT2D eigenvalue weighted by Crippen LogP contribution is 2.15. The SMILES string of the molecule is C\C=C(C#N)/C=C(C)\C=C\C(=O)c1c(C(C)C)c(=O)[nH]c(=O)n1C. The molecule has 0 spiro atoms. The van der Waals surface area contributed by atoms with Crippen molar-refractivity contribution in [1.82, 2.24) is 9.55 Å². The second kappa shape index (κ2) is 8.06. The van der Waals surface area contributed by atoms with Gasteiger partial charge in [-0.05, 0) is 37.5 Å². The van der Waals surface area contributed by atoms with Gasteiger partial charge in [0.25, 0.3) is 5.56 Å². The molecule has 1 rings (SSSR count). The third kappa shape index (κ3) is 4.29. The van der Waals surface area contributed by atoms with E-state index in [0.717, 1.165) is 4.57 Å². The van der Waals surface area contributed by atoms with Crippen molar-refractivity contribution >= 4 is 5.78 Å². The average molecular weight is 327 g/mol. The summed E-state index contributed by atoms with van der Waals surface area (Å²) in [6.07, 6.45) is 6.16. The minimum absolute atomic E-state index is 0.0781. The largest absolute Gasteiger partial charge is 0.328 e. The van der Waals surface area contributed by atoms with E-state index in [1.165, 1.54) is 13.1 Å². The van der Waals surface area contributed by atoms with Crippen LogP contribution in [0.25, 0.3) is 0 Å². The van der Waals surface area contributed by atoms with E-state index in [2.05, 4.69) is 4.98 Å². The lowest BCUT2D eigenvalue weighted by molar-refractivity contribution is 0.103. The number of nitrogens with zero attached hydrogens (tertiary/aromatic N) is 2. The van der Waals surface area contributed by atoms with Gasteiger partial charge in [-0.25, -0.2) is 4.79 Å². The highest BCUT2D eigenvalue weighted by atomic mass is 16.2. The van der Waals surface area contributed by atoms with E-state index < -0.39 is 17.0 Å². The number of carbonyl (C=O) groups excluding carboxylic acids is 1. The van der Waals surface area contributed by atoms with Gasteiger partial charge in [0.05, 0.1) is 6.07 Å². The Morgan fingerprint density at radius 3 is 2.42 bits per heavy atom. The predicted molar refractivity (Wildman–Crippen MR) is 93.0 cm³/mol. The molecule has 1 N–H and O–H groups in total. The molecule has 0 atom stereocenters. The minimum Gasteiger partial charge on any atom is -0.293 e. The quantitative estimate of drug-likeness (QED) is 0.388. The molecule has 0 aliphatic rings. The van der Waals surface area contributed by atoms with Crippen molar-refractivity contribution in [2.75, 3.05) is 0 Å². The van der Waals surface area contributed by atoms with Crippen LogP contribution in [0.2, 0.25) is 0 Å². The first-order chi connectivity index (χ1) is 11.2. The summed E-state index contributed by atoms with van der Waals surface area (Å²) < 4.78 is 1.15. The van der Waals surface area contributed by atoms with E-state index in [4.69, 9.17) is 5.26 Å². The van der Waals surface area contributed by atoms with E-state index in [0.29, 0.717) is 11.1 Å². The van der Waals surface area contributed by atoms with Gasteiger partial charge in [0.2, 0.25) is 5.78 Å². The molecule has 0 bridgehead atoms. The number of carbonyl (C=O) groups is 1. The molecule has 0 amide bonds. The molecule has 6 nitrogen and oxygen atoms in total. The molecular formula is C18H21N3O3. The lowest BCUT2D eigenvalue weighted by Gasteiger charge is -2.12. The van der Waals surface area contributed by atoms with Gasteiger partial charge in [-0.2, -0.15) is 5.26 Å². The van der Waals surface area contributed by atoms with Crippen LogP contribution in [-0.2, 0) is 7.05 Å². The number of hydrogen-bond acceptors (Lipinski definition) is 4. The van der Waals surface area contributed by atoms with Crippen molar-refractivity contribution in [2.45, 2.75) is 33.6 Å². The molecule has 126 valence electrons. The molecule has 1 heterocycles. The third-order valence-electron chi connectivity index (χ3n) is 3.49. The summed E-state index contributed by atoms with van der Waals surface area (Å²) in [4.78, 5) is 38.5. The number of aromatic amines is 1. The summed E-state index contributed by atoms with van der Waals surface area (Å²) in [7, 11) is 1.45. The molecule has 1 aromatic rings. The summed E-state index contributed by atoms with van der Waals surface area (Å²) in [5.41, 5.74) is 0.371. The lowest BCUT2D eigenvalue weighted by atomic mass is 10.00. The second-order valence-corrected chi connectivity index (χ2v) is 5.68. The smallest absolute Gasteiger partial charge is 0.293 e. The number of nitriles is 1. The van der Waals surface area contributed by atoms with Crippen LogP contribution in [0.3, 0.4) is 0 Å². The fraction of sp³-hybridized carbons (Fsp3) is 0.333. The molecule has 0 aliphatic carbocycles. The van der Waals surface area contributed by atoms with Crippen molar-refractivity contribution in [3.8, 4) is 6.07 Å². The topological polar surface area (TPSA) is 95.7 Å². The summed E-state index contributed by atoms with van der Waals surface area (Å²) in [5, 5.41) is 8.90. The fourth-order valence-electron chi connectivity index (χ4n) is 2.23. The highest BCUT2D eigenvalue weighted by molar-refractivity contribution is 6.04. The van der Waals surface area contributed by atoms with Crippen molar-refractivity contribution < 1.29 is 4.79 Å². The standard InChI is InChI=1S/C18H21N3O3/c1-6-13(10-19)9-12(4)7-8-14(22)16-15(11(2)3)17(23)20-18(24)21(16)5/h6-9,11H,1-5H3,(H,20,23,24)/b8-7+,12-9-,13-6+. The fourth-order valence-corrected chi connectivity index (χ4v) is 2.23. The third-order valence-corrected chi connectivity index (χ3v) is 3.49. The number of hydrogen-bond donors (Lipinski definition) is 1. The Hall–Kier alpha value is -2.94. The van der Waals surface area contributed by atoms with E-state index in [1.54, 1.807) is 45.9 Å². The molecule has 0 saturated carbocycles. The van der Waals surface area contributed by atoms with Crippen LogP contribution in [0.4, 0.5) is 0 Å². The Bertz CT molecular complexity index is 888. The number of H-pyrrole nitrogens is 1. The Balaban J connectivity index is 3.36. The van der Waals surface area contributed by atoms with Crippen LogP contribution in [-0.4, -0.2) is 15.3 Å². The van der Waals surface area contributed by atoms with Gasteiger partial charge < -0.3 is 0 Å². The zero-order valence-electron chi connectivity index (χ0n) is 14.5. The number of nitrogens with one attached hydrogen (secondary N) is 1. The van der Waals surface area contributed by atoms with Crippen LogP contribution in [0.15, 0.2) is 45.0 Å². The molecule has 0 aliphatic heterocycles. The maximum atomic E-state index is 12.5. The normalized spacial score (nSPS) is 12.7. The van der Waals surface area contributed by atoms with Gasteiger partial charge >= 0.3 is 5.69 Å². The van der Waals surface area contributed by atoms with E-state index in [1.807, 2.05) is 6.07 Å². The number of allylic oxidation sites excluding steroid dienone is 6. The molecule has 24 heavy (non-hydrogen) atoms. The molecule has 1 aromatic heterocycles. The molecular weight excluding hydrogens is 306 g/mol. The minimum atomic E-state index is -0.630. The molecule has 0 saturated heterocycles. The second-order valence-electron chi connectivity index (χ2n) is 5.68. The molecule has 0 unspecified atom stereocenters. The van der Waals surface area contributed by atoms with Crippen LogP contribution < -0.4 is 11.2 Å². The monoisotopic (exact) mass is 327 g/mol. The van der Waals surface area contributed by atoms with Gasteiger partial charge in [-0.3, -0.25) is 19.1 Å². The van der Waals surface area contributed by atoms with Gasteiger partial charge in [0.1, 0.15) is 5.69 Å². The lowest BCUT2D eigenvalue weighted by Crippen LogP contribution is -2.35. The Kier molecular flexibility index (Phi) is 6.42. The van der Waals surface area contributed by atoms with E-state index in [9.17, 15) is 14.4 Å². The molecule has 0 radical (unpaired) electrons. The zero-order valence-corrected chi connectivity index (χ0v) is 14.5. The Labute approximate surface area is 140 Å². The van der Waals surface area contributed by atoms with Crippen LogP contribution in [0, 0.1) is 11.3 Å². The first-order valence-electron chi connectivity index (χ1n) is 7.53. The van der Waals surface area contributed by atoms with Gasteiger partial charge in [-0.1, -0.05) is 26.0 Å². The summed E-state index contributed by atoms with van der Waals surface area (Å²) in [5.74, 6) is -0.645. The predicted octanol–water partition coefficient (Wildman–Crippen LogP) is 2.35. The molecule has 0 aromatic carbocycles. The van der Waals surface area contributed by atoms with Crippen LogP contribution in [0.1, 0.15) is 49.7 Å². The number of rotatable bonds is 5. The van der Waals surface area contributed by atoms with Crippen molar-refractivity contribution in [1.29, 1.82) is 5.26 Å². The van der Waals surface area contributed by atoms with Crippen LogP contribution in [0.5, 0.6) is 0 Å². The zero-order chi connectivity index (χ0) is 18.4. The van der Waals surface area contributed by atoms with E-state index in [-0.39, 0.29) is 17.2 Å². The first-order valence-corrected chi connectivity index (χ1v) is 7.53. The maximum absolute atomic E-state index is 12.5. The average Bonchev–Trinajstić information content (AvgIpc) is 2.52. The van der Waals surface area contributed by atoms with Gasteiger partial charge in [0.15, 0.2) is 0 Å². The van der Waals surface area contributed by atoms with Gasteiger partial charge in [-0.15, -0.1) is 0 Å². The molecule has 0 fully saturated rings. The summed E-state index contributed by atoms with van der Waals surface area (Å²) in [6, 6.07) is 2.03. The van der Waals surface area contributed by atoms with E-state index >= 15 is 0 Å². The van der Waals surface area contributed by atoms with Crippen LogP contribution >= 0.6 is 0 Å². The highest BCUT2D eigenvalue weighted by Gasteiger charge is 2.20. The number of aromatic nitrogens is 2. The van der Waals surface area contributed by atoms with Crippen molar-refractivity contribution in [3.05, 3.63) is 67.5 Å². The van der Waals surface area contributed by atoms with Crippen molar-refractivity contribution in [2.24, 2.45) is 7.05 Å². The van der Waals surface area contributed by atoms with Crippen molar-refractivity contribution in [3.63, 3.8) is 0 Å². The maximum Gasteiger partial charge on any atom is 0.328 e. The summed E-state index contributed by atoms with van der Waals surface area (Å²) in [6.45, 7) is 7.07. The summed E-state index contributed by atoms with van der Waals surface area (Å²) >= 11 is 0. The molecule has 6 heteroatoms.